The minimum absolute atomic E-state index is 0.349. The Kier molecular flexibility index (Phi) is 13.4. The Morgan fingerprint density at radius 3 is 1.51 bits per heavy atom. The Morgan fingerprint density at radius 1 is 0.612 bits per heavy atom. The molecule has 0 radical (unpaired) electrons. The number of hydrogen-bond acceptors (Lipinski definition) is 5. The summed E-state index contributed by atoms with van der Waals surface area (Å²) in [7, 11) is -0.375. The van der Waals surface area contributed by atoms with Gasteiger partial charge in [-0.2, -0.15) is 10.2 Å². The summed E-state index contributed by atoms with van der Waals surface area (Å²) in [6, 6.07) is 49.1. The molecule has 0 aliphatic heterocycles. The SMILES string of the molecule is CNC(=S)NN=C(C(=NNC(=S)NCCOC[P+](c1ccccc1)(c1ccccc1)c1ccccc1)c1ccccc1)c1ccc(Cl)cc1. The zero-order valence-corrected chi connectivity index (χ0v) is 30.2. The molecule has 0 saturated carbocycles. The summed E-state index contributed by atoms with van der Waals surface area (Å²) in [5.41, 5.74) is 8.60. The zero-order chi connectivity index (χ0) is 34.3. The van der Waals surface area contributed by atoms with Crippen LogP contribution >= 0.6 is 43.3 Å². The molecule has 5 rings (SSSR count). The highest BCUT2D eigenvalue weighted by Crippen LogP contribution is 2.55. The third kappa shape index (κ3) is 9.57. The van der Waals surface area contributed by atoms with Crippen molar-refractivity contribution in [3.05, 3.63) is 162 Å². The topological polar surface area (TPSA) is 82.1 Å². The van der Waals surface area contributed by atoms with Gasteiger partial charge in [0.1, 0.15) is 34.6 Å². The molecular weight excluding hydrogens is 687 g/mol. The van der Waals surface area contributed by atoms with Crippen LogP contribution in [-0.2, 0) is 4.74 Å². The lowest BCUT2D eigenvalue weighted by Gasteiger charge is -2.27. The number of rotatable bonds is 13. The van der Waals surface area contributed by atoms with Crippen LogP contribution in [0.5, 0.6) is 0 Å². The van der Waals surface area contributed by atoms with E-state index >= 15 is 0 Å². The van der Waals surface area contributed by atoms with Gasteiger partial charge in [0.15, 0.2) is 16.6 Å². The van der Waals surface area contributed by atoms with Gasteiger partial charge in [0.25, 0.3) is 0 Å². The van der Waals surface area contributed by atoms with E-state index in [1.54, 1.807) is 19.2 Å². The van der Waals surface area contributed by atoms with Crippen LogP contribution in [0.15, 0.2) is 156 Å². The summed E-state index contributed by atoms with van der Waals surface area (Å²) in [5.74, 6) is 0. The summed E-state index contributed by atoms with van der Waals surface area (Å²) in [4.78, 5) is 0. The van der Waals surface area contributed by atoms with Crippen molar-refractivity contribution in [2.45, 2.75) is 0 Å². The largest absolute Gasteiger partial charge is 0.364 e. The minimum Gasteiger partial charge on any atom is -0.364 e. The number of nitrogens with one attached hydrogen (secondary N) is 4. The molecule has 248 valence electrons. The van der Waals surface area contributed by atoms with E-state index in [2.05, 4.69) is 118 Å². The molecule has 4 N–H and O–H groups in total. The van der Waals surface area contributed by atoms with Crippen molar-refractivity contribution in [2.24, 2.45) is 10.2 Å². The molecule has 0 fully saturated rings. The Hall–Kier alpha value is -4.50. The van der Waals surface area contributed by atoms with Crippen LogP contribution in [0.1, 0.15) is 11.1 Å². The minimum atomic E-state index is -2.10. The lowest BCUT2D eigenvalue weighted by molar-refractivity contribution is 0.185. The van der Waals surface area contributed by atoms with Gasteiger partial charge < -0.3 is 15.4 Å². The Bertz CT molecular complexity index is 1770. The van der Waals surface area contributed by atoms with Crippen LogP contribution < -0.4 is 37.4 Å². The average Bonchev–Trinajstić information content (AvgIpc) is 3.16. The van der Waals surface area contributed by atoms with Gasteiger partial charge in [-0.25, -0.2) is 0 Å². The van der Waals surface area contributed by atoms with Crippen LogP contribution in [0, 0.1) is 0 Å². The highest BCUT2D eigenvalue weighted by Gasteiger charge is 2.45. The van der Waals surface area contributed by atoms with Crippen molar-refractivity contribution in [1.29, 1.82) is 0 Å². The van der Waals surface area contributed by atoms with Crippen molar-refractivity contribution < 1.29 is 4.74 Å². The van der Waals surface area contributed by atoms with E-state index in [9.17, 15) is 0 Å². The van der Waals surface area contributed by atoms with Crippen LogP contribution in [0.25, 0.3) is 0 Å². The number of thiocarbonyl (C=S) groups is 2. The van der Waals surface area contributed by atoms with E-state index in [0.717, 1.165) is 11.1 Å². The quantitative estimate of drug-likeness (QED) is 0.0392. The molecule has 5 aromatic carbocycles. The maximum Gasteiger partial charge on any atom is 0.187 e. The fourth-order valence-electron chi connectivity index (χ4n) is 5.18. The second-order valence-corrected chi connectivity index (χ2v) is 15.4. The second-order valence-electron chi connectivity index (χ2n) is 10.7. The summed E-state index contributed by atoms with van der Waals surface area (Å²) in [6.07, 6.45) is 0.547. The Balaban J connectivity index is 1.31. The van der Waals surface area contributed by atoms with Crippen molar-refractivity contribution in [2.75, 3.05) is 26.5 Å². The Morgan fingerprint density at radius 2 is 1.04 bits per heavy atom. The smallest absolute Gasteiger partial charge is 0.187 e. The highest BCUT2D eigenvalue weighted by molar-refractivity contribution is 7.95. The van der Waals surface area contributed by atoms with Gasteiger partial charge in [-0.1, -0.05) is 109 Å². The van der Waals surface area contributed by atoms with Gasteiger partial charge in [-0.05, 0) is 73.0 Å². The van der Waals surface area contributed by atoms with Crippen molar-refractivity contribution in [1.82, 2.24) is 21.5 Å². The lowest BCUT2D eigenvalue weighted by atomic mass is 10.00. The van der Waals surface area contributed by atoms with E-state index < -0.39 is 7.26 Å². The van der Waals surface area contributed by atoms with Crippen molar-refractivity contribution in [3.63, 3.8) is 0 Å². The van der Waals surface area contributed by atoms with E-state index in [1.165, 1.54) is 15.9 Å². The number of nitrogens with zero attached hydrogens (tertiary/aromatic N) is 2. The summed E-state index contributed by atoms with van der Waals surface area (Å²) < 4.78 is 6.49. The molecular formula is C38H37ClN6OPS2+. The molecule has 5 aromatic rings. The van der Waals surface area contributed by atoms with Crippen LogP contribution in [0.3, 0.4) is 0 Å². The van der Waals surface area contributed by atoms with Gasteiger partial charge >= 0.3 is 0 Å². The molecule has 0 spiro atoms. The monoisotopic (exact) mass is 723 g/mol. The molecule has 49 heavy (non-hydrogen) atoms. The van der Waals surface area contributed by atoms with Gasteiger partial charge in [0.05, 0.1) is 6.61 Å². The third-order valence-corrected chi connectivity index (χ3v) is 12.5. The fraction of sp³-hybridized carbons (Fsp3) is 0.105. The lowest BCUT2D eigenvalue weighted by Crippen LogP contribution is -2.37. The molecule has 7 nitrogen and oxygen atoms in total. The number of hydrazone groups is 2. The third-order valence-electron chi connectivity index (χ3n) is 7.56. The molecule has 0 amide bonds. The normalized spacial score (nSPS) is 11.8. The first-order chi connectivity index (χ1) is 24.0. The molecule has 0 saturated heterocycles. The number of benzene rings is 5. The van der Waals surface area contributed by atoms with Crippen LogP contribution in [0.4, 0.5) is 0 Å². The maximum absolute atomic E-state index is 6.49. The summed E-state index contributed by atoms with van der Waals surface area (Å²) >= 11 is 17.1. The van der Waals surface area contributed by atoms with Crippen LogP contribution in [-0.4, -0.2) is 48.2 Å². The van der Waals surface area contributed by atoms with Crippen molar-refractivity contribution >= 4 is 80.9 Å². The second kappa shape index (κ2) is 18.3. The first kappa shape index (κ1) is 35.8. The predicted octanol–water partition coefficient (Wildman–Crippen LogP) is 5.97. The number of hydrogen-bond donors (Lipinski definition) is 4. The maximum atomic E-state index is 6.49. The molecule has 0 aliphatic carbocycles. The first-order valence-corrected chi connectivity index (χ1v) is 18.8. The zero-order valence-electron chi connectivity index (χ0n) is 26.9. The molecule has 0 bridgehead atoms. The van der Waals surface area contributed by atoms with Gasteiger partial charge in [0.2, 0.25) is 0 Å². The van der Waals surface area contributed by atoms with Gasteiger partial charge in [0, 0.05) is 29.7 Å². The number of halogens is 1. The summed E-state index contributed by atoms with van der Waals surface area (Å²) in [5, 5.41) is 20.6. The number of ether oxygens (including phenoxy) is 1. The van der Waals surface area contributed by atoms with Gasteiger partial charge in [-0.3, -0.25) is 10.9 Å². The molecule has 11 heteroatoms. The predicted molar refractivity (Wildman–Crippen MR) is 215 cm³/mol. The molecule has 0 heterocycles. The molecule has 0 atom stereocenters. The van der Waals surface area contributed by atoms with E-state index in [-0.39, 0.29) is 0 Å². The summed E-state index contributed by atoms with van der Waals surface area (Å²) in [6.45, 7) is 0.921. The van der Waals surface area contributed by atoms with Crippen molar-refractivity contribution in [3.8, 4) is 0 Å². The first-order valence-electron chi connectivity index (χ1n) is 15.6. The Labute approximate surface area is 304 Å². The van der Waals surface area contributed by atoms with Gasteiger partial charge in [-0.15, -0.1) is 0 Å². The fourth-order valence-corrected chi connectivity index (χ4v) is 9.28. The molecule has 0 unspecified atom stereocenters. The van der Waals surface area contributed by atoms with E-state index in [0.29, 0.717) is 46.2 Å². The average molecular weight is 724 g/mol. The molecule has 0 aliphatic rings. The van der Waals surface area contributed by atoms with Crippen LogP contribution in [0.2, 0.25) is 5.02 Å². The van der Waals surface area contributed by atoms with E-state index in [1.807, 2.05) is 42.5 Å². The highest BCUT2D eigenvalue weighted by atomic mass is 35.5. The molecule has 0 aromatic heterocycles. The van der Waals surface area contributed by atoms with E-state index in [4.69, 9.17) is 45.9 Å². The standard InChI is InChI=1S/C38H36ClN6OPS2/c1-40-37(48)44-42-36(30-22-24-31(39)25-23-30)35(29-14-6-2-7-15-29)43-45-38(49)41-26-27-46-28-47(32-16-8-3-9-17-32,33-18-10-4-11-19-33)34-20-12-5-13-21-34/h2-25H,26-28H2,1H3,(H3-,40,41,42,43,44,45,48,49)/p+1.